The van der Waals surface area contributed by atoms with Crippen molar-refractivity contribution in [1.29, 1.82) is 5.41 Å². The molecule has 1 saturated heterocycles. The molecule has 0 saturated carbocycles. The van der Waals surface area contributed by atoms with E-state index >= 15 is 0 Å². The Morgan fingerprint density at radius 3 is 2.80 bits per heavy atom. The molecule has 2 aromatic heterocycles. The summed E-state index contributed by atoms with van der Waals surface area (Å²) in [7, 11) is -1.86. The van der Waals surface area contributed by atoms with Crippen LogP contribution in [0.4, 0.5) is 15.9 Å². The lowest BCUT2D eigenvalue weighted by Crippen LogP contribution is -2.59. The van der Waals surface area contributed by atoms with Crippen molar-refractivity contribution in [3.8, 4) is 0 Å². The van der Waals surface area contributed by atoms with Gasteiger partial charge in [-0.25, -0.2) is 13.7 Å². The van der Waals surface area contributed by atoms with Gasteiger partial charge >= 0.3 is 0 Å². The molecule has 1 aromatic carbocycles. The van der Waals surface area contributed by atoms with Crippen LogP contribution in [0.5, 0.6) is 0 Å². The van der Waals surface area contributed by atoms with Crippen molar-refractivity contribution in [1.82, 2.24) is 19.6 Å². The van der Waals surface area contributed by atoms with E-state index in [0.29, 0.717) is 22.0 Å². The number of fused-ring (bicyclic) bond motifs is 1. The van der Waals surface area contributed by atoms with Gasteiger partial charge in [-0.05, 0) is 37.3 Å². The second kappa shape index (κ2) is 7.24. The number of benzene rings is 1. The molecule has 4 rings (SSSR count). The highest BCUT2D eigenvalue weighted by Gasteiger charge is 2.43. The molecule has 1 aliphatic heterocycles. The summed E-state index contributed by atoms with van der Waals surface area (Å²) < 4.78 is 36.6. The third-order valence-corrected chi connectivity index (χ3v) is 7.25. The summed E-state index contributed by atoms with van der Waals surface area (Å²) in [5.74, 6) is -0.427. The zero-order valence-electron chi connectivity index (χ0n) is 16.1. The van der Waals surface area contributed by atoms with Gasteiger partial charge in [-0.3, -0.25) is 19.5 Å². The highest BCUT2D eigenvalue weighted by Crippen LogP contribution is 2.50. The second-order valence-electron chi connectivity index (χ2n) is 7.28. The minimum Gasteiger partial charge on any atom is -0.344 e. The van der Waals surface area contributed by atoms with Crippen molar-refractivity contribution in [2.24, 2.45) is 0 Å². The largest absolute Gasteiger partial charge is 0.344 e. The Bertz CT molecular complexity index is 1160. The summed E-state index contributed by atoms with van der Waals surface area (Å²) in [6.45, 7) is 1.63. The molecule has 1 aliphatic rings. The van der Waals surface area contributed by atoms with Crippen molar-refractivity contribution < 1.29 is 13.5 Å². The van der Waals surface area contributed by atoms with Gasteiger partial charge in [-0.15, -0.1) is 10.8 Å². The van der Waals surface area contributed by atoms with Crippen molar-refractivity contribution >= 4 is 50.7 Å². The van der Waals surface area contributed by atoms with Gasteiger partial charge in [0.1, 0.15) is 11.3 Å². The lowest BCUT2D eigenvalue weighted by atomic mass is 9.93. The van der Waals surface area contributed by atoms with Gasteiger partial charge < -0.3 is 10.6 Å². The Morgan fingerprint density at radius 2 is 2.07 bits per heavy atom. The Kier molecular flexibility index (Phi) is 4.97. The second-order valence-corrected chi connectivity index (χ2v) is 9.82. The van der Waals surface area contributed by atoms with E-state index in [1.54, 1.807) is 37.4 Å². The lowest BCUT2D eigenvalue weighted by Gasteiger charge is -2.52. The van der Waals surface area contributed by atoms with E-state index < -0.39 is 22.1 Å². The molecule has 5 N–H and O–H groups in total. The van der Waals surface area contributed by atoms with Crippen LogP contribution in [0.25, 0.3) is 10.9 Å². The van der Waals surface area contributed by atoms with E-state index in [-0.39, 0.29) is 17.3 Å². The molecule has 30 heavy (non-hydrogen) atoms. The van der Waals surface area contributed by atoms with Crippen molar-refractivity contribution in [3.63, 3.8) is 0 Å². The maximum atomic E-state index is 14.8. The standard InChI is InChI=1S/C19H20ClFN6O2S/c1-19(10-30(28,29)27(2)18(22)26-19)14-8-13(3-4-15(14)21)25-17-16-11(5-6-23-17)7-12(20)9-24-16/h3-9,28-29H,10H2,1-2H3,(H2,22,26)(H,23,25)/t19-/m0/s1. The maximum absolute atomic E-state index is 14.8. The van der Waals surface area contributed by atoms with Gasteiger partial charge in [0, 0.05) is 36.1 Å². The molecular formula is C19H20ClFN6O2S. The molecule has 1 fully saturated rings. The van der Waals surface area contributed by atoms with Crippen molar-refractivity contribution in [2.45, 2.75) is 12.5 Å². The molecule has 3 aromatic rings. The summed E-state index contributed by atoms with van der Waals surface area (Å²) >= 11 is 6.00. The fourth-order valence-electron chi connectivity index (χ4n) is 3.44. The Morgan fingerprint density at radius 1 is 1.30 bits per heavy atom. The number of aromatic nitrogens is 2. The van der Waals surface area contributed by atoms with Gasteiger partial charge in [0.2, 0.25) is 5.96 Å². The van der Waals surface area contributed by atoms with Crippen LogP contribution in [-0.4, -0.2) is 42.1 Å². The molecule has 0 bridgehead atoms. The highest BCUT2D eigenvalue weighted by molar-refractivity contribution is 8.22. The predicted octanol–water partition coefficient (Wildman–Crippen LogP) is 4.52. The van der Waals surface area contributed by atoms with Crippen LogP contribution in [0, 0.1) is 11.2 Å². The first kappa shape index (κ1) is 20.6. The third kappa shape index (κ3) is 3.63. The van der Waals surface area contributed by atoms with E-state index in [1.165, 1.54) is 19.3 Å². The van der Waals surface area contributed by atoms with Crippen LogP contribution >= 0.6 is 22.4 Å². The number of nitrogens with one attached hydrogen (secondary N) is 3. The summed E-state index contributed by atoms with van der Waals surface area (Å²) in [4.78, 5) is 8.63. The minimum absolute atomic E-state index is 0.175. The first-order chi connectivity index (χ1) is 14.1. The molecule has 11 heteroatoms. The number of anilines is 2. The molecule has 1 atom stereocenters. The van der Waals surface area contributed by atoms with Crippen molar-refractivity contribution in [2.75, 3.05) is 18.1 Å². The van der Waals surface area contributed by atoms with Crippen LogP contribution in [0.2, 0.25) is 5.02 Å². The third-order valence-electron chi connectivity index (χ3n) is 5.02. The van der Waals surface area contributed by atoms with Gasteiger partial charge in [0.05, 0.1) is 16.3 Å². The number of rotatable bonds is 3. The average molecular weight is 451 g/mol. The average Bonchev–Trinajstić information content (AvgIpc) is 2.67. The fourth-order valence-corrected chi connectivity index (χ4v) is 5.14. The zero-order valence-corrected chi connectivity index (χ0v) is 17.7. The zero-order chi connectivity index (χ0) is 21.7. The molecule has 3 heterocycles. The van der Waals surface area contributed by atoms with Crippen LogP contribution in [0.3, 0.4) is 0 Å². The Hall–Kier alpha value is -2.66. The summed E-state index contributed by atoms with van der Waals surface area (Å²) in [6.07, 6.45) is 3.14. The first-order valence-corrected chi connectivity index (χ1v) is 11.0. The van der Waals surface area contributed by atoms with Gasteiger partial charge in [-0.2, -0.15) is 0 Å². The fraction of sp³-hybridized carbons (Fsp3) is 0.211. The number of hydrogen-bond donors (Lipinski definition) is 5. The molecule has 0 radical (unpaired) electrons. The van der Waals surface area contributed by atoms with Crippen LogP contribution in [0.15, 0.2) is 42.7 Å². The van der Waals surface area contributed by atoms with Crippen LogP contribution in [-0.2, 0) is 5.54 Å². The van der Waals surface area contributed by atoms with E-state index in [4.69, 9.17) is 17.0 Å². The molecule has 8 nitrogen and oxygen atoms in total. The van der Waals surface area contributed by atoms with E-state index in [0.717, 1.165) is 9.69 Å². The normalized spacial score (nSPS) is 21.9. The van der Waals surface area contributed by atoms with E-state index in [1.807, 2.05) is 0 Å². The number of guanidine groups is 1. The monoisotopic (exact) mass is 450 g/mol. The van der Waals surface area contributed by atoms with Gasteiger partial charge in [-0.1, -0.05) is 11.6 Å². The van der Waals surface area contributed by atoms with E-state index in [2.05, 4.69) is 20.6 Å². The summed E-state index contributed by atoms with van der Waals surface area (Å²) in [5, 5.41) is 15.3. The number of nitrogens with zero attached hydrogens (tertiary/aromatic N) is 3. The van der Waals surface area contributed by atoms with Crippen LogP contribution in [0.1, 0.15) is 12.5 Å². The van der Waals surface area contributed by atoms with E-state index in [9.17, 15) is 13.5 Å². The first-order valence-electron chi connectivity index (χ1n) is 8.93. The number of halogens is 2. The summed E-state index contributed by atoms with van der Waals surface area (Å²) in [5.41, 5.74) is 0.143. The maximum Gasteiger partial charge on any atom is 0.210 e. The quantitative estimate of drug-likeness (QED) is 0.398. The molecular weight excluding hydrogens is 431 g/mol. The Labute approximate surface area is 179 Å². The predicted molar refractivity (Wildman–Crippen MR) is 118 cm³/mol. The topological polar surface area (TPSA) is 117 Å². The highest BCUT2D eigenvalue weighted by atomic mass is 35.5. The lowest BCUT2D eigenvalue weighted by molar-refractivity contribution is 0.355. The number of hydrogen-bond acceptors (Lipinski definition) is 6. The summed E-state index contributed by atoms with van der Waals surface area (Å²) in [6, 6.07) is 7.96. The molecule has 0 spiro atoms. The van der Waals surface area contributed by atoms with Crippen molar-refractivity contribution in [3.05, 3.63) is 59.1 Å². The molecule has 0 amide bonds. The Balaban J connectivity index is 1.72. The molecule has 0 aliphatic carbocycles. The van der Waals surface area contributed by atoms with Gasteiger partial charge in [0.15, 0.2) is 5.82 Å². The molecule has 158 valence electrons. The number of pyridine rings is 2. The van der Waals surface area contributed by atoms with Gasteiger partial charge in [0.25, 0.3) is 0 Å². The molecule has 0 unspecified atom stereocenters. The smallest absolute Gasteiger partial charge is 0.210 e. The minimum atomic E-state index is -3.26. The van der Waals surface area contributed by atoms with Crippen LogP contribution < -0.4 is 10.6 Å². The SMILES string of the molecule is CN1C(=N)N[C@](C)(c2cc(Nc3nccc4cc(Cl)cnc34)ccc2F)CS1(O)O.